The van der Waals surface area contributed by atoms with E-state index >= 15 is 0 Å². The van der Waals surface area contributed by atoms with E-state index in [2.05, 4.69) is 9.97 Å². The molecule has 1 aromatic heterocycles. The zero-order valence-electron chi connectivity index (χ0n) is 11.7. The monoisotopic (exact) mass is 288 g/mol. The fraction of sp³-hybridized carbons (Fsp3) is 0.267. The predicted octanol–water partition coefficient (Wildman–Crippen LogP) is 3.16. The van der Waals surface area contributed by atoms with Gasteiger partial charge in [-0.15, -0.1) is 0 Å². The van der Waals surface area contributed by atoms with E-state index in [1.165, 1.54) is 11.8 Å². The quantitative estimate of drug-likeness (QED) is 0.480. The molecule has 5 heteroatoms. The van der Waals surface area contributed by atoms with E-state index in [1.807, 2.05) is 13.8 Å². The number of rotatable bonds is 5. The van der Waals surface area contributed by atoms with Crippen LogP contribution < -0.4 is 4.74 Å². The largest absolute Gasteiger partial charge is 0.497 e. The Morgan fingerprint density at radius 3 is 2.35 bits per heavy atom. The molecule has 1 unspecified atom stereocenters. The van der Waals surface area contributed by atoms with Crippen molar-refractivity contribution in [2.75, 3.05) is 7.11 Å². The van der Waals surface area contributed by atoms with Crippen molar-refractivity contribution < 1.29 is 9.53 Å². The molecular formula is C15H16N2O2S. The highest BCUT2D eigenvalue weighted by Crippen LogP contribution is 2.23. The number of ketones is 1. The van der Waals surface area contributed by atoms with Crippen LogP contribution in [0.25, 0.3) is 0 Å². The van der Waals surface area contributed by atoms with E-state index in [1.54, 1.807) is 43.8 Å². The predicted molar refractivity (Wildman–Crippen MR) is 79.4 cm³/mol. The third-order valence-corrected chi connectivity index (χ3v) is 3.77. The van der Waals surface area contributed by atoms with Crippen molar-refractivity contribution in [3.63, 3.8) is 0 Å². The number of ether oxygens (including phenoxy) is 1. The van der Waals surface area contributed by atoms with Crippen LogP contribution in [0.5, 0.6) is 5.75 Å². The number of carbonyl (C=O) groups is 1. The fourth-order valence-electron chi connectivity index (χ4n) is 1.64. The van der Waals surface area contributed by atoms with Crippen LogP contribution in [0, 0.1) is 6.92 Å². The van der Waals surface area contributed by atoms with Crippen molar-refractivity contribution >= 4 is 17.5 Å². The number of aromatic nitrogens is 2. The lowest BCUT2D eigenvalue weighted by molar-refractivity contribution is 0.0994. The Morgan fingerprint density at radius 1 is 1.20 bits per heavy atom. The van der Waals surface area contributed by atoms with Crippen LogP contribution in [0.15, 0.2) is 41.8 Å². The molecule has 1 atom stereocenters. The molecule has 0 spiro atoms. The molecule has 0 fully saturated rings. The number of hydrogen-bond donors (Lipinski definition) is 0. The smallest absolute Gasteiger partial charge is 0.188 e. The first-order valence-corrected chi connectivity index (χ1v) is 7.11. The molecule has 0 saturated heterocycles. The van der Waals surface area contributed by atoms with Gasteiger partial charge < -0.3 is 4.74 Å². The topological polar surface area (TPSA) is 52.1 Å². The summed E-state index contributed by atoms with van der Waals surface area (Å²) in [6.07, 6.45) is 3.50. The van der Waals surface area contributed by atoms with Crippen molar-refractivity contribution in [2.24, 2.45) is 0 Å². The van der Waals surface area contributed by atoms with Gasteiger partial charge in [0.05, 0.1) is 12.4 Å². The lowest BCUT2D eigenvalue weighted by atomic mass is 10.1. The molecule has 0 bridgehead atoms. The number of methoxy groups -OCH3 is 1. The van der Waals surface area contributed by atoms with Gasteiger partial charge in [0.1, 0.15) is 5.75 Å². The van der Waals surface area contributed by atoms with Crippen LogP contribution in [-0.2, 0) is 0 Å². The summed E-state index contributed by atoms with van der Waals surface area (Å²) in [5.74, 6) is 0.797. The molecular weight excluding hydrogens is 272 g/mol. The van der Waals surface area contributed by atoms with Gasteiger partial charge in [-0.1, -0.05) is 11.8 Å². The number of Topliss-reactive ketones (excluding diaryl/α,β-unsaturated/α-hetero) is 1. The van der Waals surface area contributed by atoms with Crippen molar-refractivity contribution in [3.05, 3.63) is 47.8 Å². The van der Waals surface area contributed by atoms with Crippen molar-refractivity contribution in [2.45, 2.75) is 24.3 Å². The van der Waals surface area contributed by atoms with Gasteiger partial charge in [-0.2, -0.15) is 0 Å². The second kappa shape index (κ2) is 6.52. The number of carbonyl (C=O) groups excluding carboxylic acids is 1. The van der Waals surface area contributed by atoms with E-state index in [9.17, 15) is 4.79 Å². The Balaban J connectivity index is 2.05. The first-order chi connectivity index (χ1) is 9.60. The maximum atomic E-state index is 12.3. The first-order valence-electron chi connectivity index (χ1n) is 6.23. The van der Waals surface area contributed by atoms with Gasteiger partial charge in [-0.25, -0.2) is 9.97 Å². The molecule has 2 aromatic rings. The molecule has 104 valence electrons. The Hall–Kier alpha value is -1.88. The van der Waals surface area contributed by atoms with Gasteiger partial charge in [-0.3, -0.25) is 4.79 Å². The number of aryl methyl sites for hydroxylation is 1. The summed E-state index contributed by atoms with van der Waals surface area (Å²) in [5, 5.41) is 0.385. The minimum atomic E-state index is -0.230. The SMILES string of the molecule is COc1ccc(C(=O)C(C)Sc2ncc(C)cn2)cc1. The molecule has 4 nitrogen and oxygen atoms in total. The summed E-state index contributed by atoms with van der Waals surface area (Å²) >= 11 is 1.36. The lowest BCUT2D eigenvalue weighted by Crippen LogP contribution is -2.14. The van der Waals surface area contributed by atoms with Crippen molar-refractivity contribution in [3.8, 4) is 5.75 Å². The van der Waals surface area contributed by atoms with Crippen LogP contribution in [-0.4, -0.2) is 28.1 Å². The maximum absolute atomic E-state index is 12.3. The highest BCUT2D eigenvalue weighted by atomic mass is 32.2. The third kappa shape index (κ3) is 3.57. The molecule has 0 aliphatic heterocycles. The molecule has 2 rings (SSSR count). The van der Waals surface area contributed by atoms with Gasteiger partial charge in [0.25, 0.3) is 0 Å². The Labute approximate surface area is 122 Å². The highest BCUT2D eigenvalue weighted by molar-refractivity contribution is 8.00. The average Bonchev–Trinajstić information content (AvgIpc) is 2.49. The van der Waals surface area contributed by atoms with Crippen molar-refractivity contribution in [1.29, 1.82) is 0 Å². The second-order valence-corrected chi connectivity index (χ2v) is 5.70. The molecule has 0 saturated carbocycles. The summed E-state index contributed by atoms with van der Waals surface area (Å²) < 4.78 is 5.08. The van der Waals surface area contributed by atoms with E-state index in [-0.39, 0.29) is 11.0 Å². The van der Waals surface area contributed by atoms with Gasteiger partial charge in [0, 0.05) is 18.0 Å². The summed E-state index contributed by atoms with van der Waals surface area (Å²) in [4.78, 5) is 20.7. The van der Waals surface area contributed by atoms with E-state index in [4.69, 9.17) is 4.74 Å². The lowest BCUT2D eigenvalue weighted by Gasteiger charge is -2.09. The zero-order chi connectivity index (χ0) is 14.5. The number of benzene rings is 1. The molecule has 0 amide bonds. The molecule has 0 radical (unpaired) electrons. The summed E-state index contributed by atoms with van der Waals surface area (Å²) in [5.41, 5.74) is 1.67. The normalized spacial score (nSPS) is 11.9. The number of hydrogen-bond acceptors (Lipinski definition) is 5. The Bertz CT molecular complexity index is 582. The maximum Gasteiger partial charge on any atom is 0.188 e. The minimum absolute atomic E-state index is 0.0572. The number of nitrogens with zero attached hydrogens (tertiary/aromatic N) is 2. The van der Waals surface area contributed by atoms with Crippen molar-refractivity contribution in [1.82, 2.24) is 9.97 Å². The standard InChI is InChI=1S/C15H16N2O2S/c1-10-8-16-15(17-9-10)20-11(2)14(18)12-4-6-13(19-3)7-5-12/h4-9,11H,1-3H3. The fourth-order valence-corrected chi connectivity index (χ4v) is 2.43. The summed E-state index contributed by atoms with van der Waals surface area (Å²) in [6, 6.07) is 7.11. The second-order valence-electron chi connectivity index (χ2n) is 4.40. The van der Waals surface area contributed by atoms with Crippen LogP contribution in [0.3, 0.4) is 0 Å². The van der Waals surface area contributed by atoms with Gasteiger partial charge in [-0.05, 0) is 43.7 Å². The molecule has 0 aliphatic carbocycles. The number of thioether (sulfide) groups is 1. The molecule has 0 aliphatic rings. The summed E-state index contributed by atoms with van der Waals surface area (Å²) in [7, 11) is 1.60. The van der Waals surface area contributed by atoms with Gasteiger partial charge >= 0.3 is 0 Å². The van der Waals surface area contributed by atoms with Crippen LogP contribution in [0.2, 0.25) is 0 Å². The van der Waals surface area contributed by atoms with Crippen LogP contribution in [0.1, 0.15) is 22.8 Å². The summed E-state index contributed by atoms with van der Waals surface area (Å²) in [6.45, 7) is 3.79. The van der Waals surface area contributed by atoms with Gasteiger partial charge in [0.2, 0.25) is 0 Å². The Kier molecular flexibility index (Phi) is 4.74. The van der Waals surface area contributed by atoms with E-state index in [0.29, 0.717) is 10.7 Å². The average molecular weight is 288 g/mol. The van der Waals surface area contributed by atoms with E-state index < -0.39 is 0 Å². The van der Waals surface area contributed by atoms with Crippen LogP contribution in [0.4, 0.5) is 0 Å². The molecule has 1 heterocycles. The molecule has 20 heavy (non-hydrogen) atoms. The molecule has 0 N–H and O–H groups in total. The Morgan fingerprint density at radius 2 is 1.80 bits per heavy atom. The zero-order valence-corrected chi connectivity index (χ0v) is 12.5. The van der Waals surface area contributed by atoms with E-state index in [0.717, 1.165) is 11.3 Å². The minimum Gasteiger partial charge on any atom is -0.497 e. The first kappa shape index (κ1) is 14.5. The molecule has 1 aromatic carbocycles. The highest BCUT2D eigenvalue weighted by Gasteiger charge is 2.17. The van der Waals surface area contributed by atoms with Crippen LogP contribution >= 0.6 is 11.8 Å². The third-order valence-electron chi connectivity index (χ3n) is 2.78. The van der Waals surface area contributed by atoms with Gasteiger partial charge in [0.15, 0.2) is 10.9 Å².